The van der Waals surface area contributed by atoms with Crippen LogP contribution in [0.15, 0.2) is 0 Å². The fraction of sp³-hybridized carbons (Fsp3) is 0.636. The van der Waals surface area contributed by atoms with Gasteiger partial charge in [-0.1, -0.05) is 20.8 Å². The van der Waals surface area contributed by atoms with Crippen molar-refractivity contribution in [3.63, 3.8) is 0 Å². The number of aliphatic carboxylic acids is 1. The Bertz CT molecular complexity index is 357. The quantitative estimate of drug-likeness (QED) is 0.859. The van der Waals surface area contributed by atoms with Gasteiger partial charge in [-0.05, 0) is 6.92 Å². The van der Waals surface area contributed by atoms with E-state index in [2.05, 4.69) is 18.8 Å². The van der Waals surface area contributed by atoms with Crippen LogP contribution in [0, 0.1) is 6.92 Å². The fourth-order valence-corrected chi connectivity index (χ4v) is 2.61. The second-order valence-electron chi connectivity index (χ2n) is 4.16. The van der Waals surface area contributed by atoms with Gasteiger partial charge in [0, 0.05) is 16.7 Å². The Hall–Kier alpha value is -0.900. The Morgan fingerprint density at radius 1 is 1.47 bits per heavy atom. The fourth-order valence-electron chi connectivity index (χ4n) is 1.49. The average molecular weight is 227 g/mol. The highest BCUT2D eigenvalue weighted by Gasteiger charge is 2.17. The zero-order chi connectivity index (χ0) is 11.6. The first-order valence-electron chi connectivity index (χ1n) is 5.10. The highest BCUT2D eigenvalue weighted by Crippen LogP contribution is 2.31. The van der Waals surface area contributed by atoms with Gasteiger partial charge in [0.2, 0.25) is 0 Å². The monoisotopic (exact) mass is 227 g/mol. The lowest BCUT2D eigenvalue weighted by atomic mass is 10.1. The molecule has 1 rings (SSSR count). The average Bonchev–Trinajstić information content (AvgIpc) is 2.46. The smallest absolute Gasteiger partial charge is 0.303 e. The first-order chi connectivity index (χ1) is 6.91. The van der Waals surface area contributed by atoms with Crippen molar-refractivity contribution in [3.05, 3.63) is 15.6 Å². The van der Waals surface area contributed by atoms with Gasteiger partial charge < -0.3 is 5.11 Å². The summed E-state index contributed by atoms with van der Waals surface area (Å²) in [5.74, 6) is -0.270. The Morgan fingerprint density at radius 2 is 2.07 bits per heavy atom. The van der Waals surface area contributed by atoms with Gasteiger partial charge in [0.05, 0.1) is 17.1 Å². The molecule has 0 aliphatic heterocycles. The molecule has 0 aliphatic rings. The zero-order valence-electron chi connectivity index (χ0n) is 9.57. The first kappa shape index (κ1) is 12.2. The molecule has 84 valence electrons. The van der Waals surface area contributed by atoms with E-state index in [0.29, 0.717) is 5.92 Å². The molecule has 0 bridgehead atoms. The summed E-state index contributed by atoms with van der Waals surface area (Å²) < 4.78 is 0. The molecule has 0 fully saturated rings. The van der Waals surface area contributed by atoms with Crippen molar-refractivity contribution in [1.82, 2.24) is 4.98 Å². The van der Waals surface area contributed by atoms with Crippen molar-refractivity contribution in [2.45, 2.75) is 46.0 Å². The summed E-state index contributed by atoms with van der Waals surface area (Å²) in [6.07, 6.45) is 0.181. The van der Waals surface area contributed by atoms with Crippen molar-refractivity contribution in [2.24, 2.45) is 0 Å². The molecule has 0 aromatic carbocycles. The van der Waals surface area contributed by atoms with E-state index in [1.165, 1.54) is 0 Å². The zero-order valence-corrected chi connectivity index (χ0v) is 10.4. The van der Waals surface area contributed by atoms with Crippen LogP contribution in [0.3, 0.4) is 0 Å². The predicted molar refractivity (Wildman–Crippen MR) is 61.6 cm³/mol. The number of aromatic nitrogens is 1. The SMILES string of the molecule is Cc1nc(C(C)C)sc1C(C)CC(=O)O. The molecule has 3 nitrogen and oxygen atoms in total. The summed E-state index contributed by atoms with van der Waals surface area (Å²) in [5, 5.41) is 9.83. The number of aryl methyl sites for hydroxylation is 1. The Labute approximate surface area is 94.2 Å². The summed E-state index contributed by atoms with van der Waals surface area (Å²) in [6.45, 7) is 8.10. The van der Waals surface area contributed by atoms with E-state index in [1.54, 1.807) is 11.3 Å². The molecule has 4 heteroatoms. The van der Waals surface area contributed by atoms with Crippen molar-refractivity contribution in [2.75, 3.05) is 0 Å². The highest BCUT2D eigenvalue weighted by molar-refractivity contribution is 7.11. The van der Waals surface area contributed by atoms with Crippen molar-refractivity contribution < 1.29 is 9.90 Å². The Morgan fingerprint density at radius 3 is 2.47 bits per heavy atom. The summed E-state index contributed by atoms with van der Waals surface area (Å²) in [5.41, 5.74) is 0.984. The van der Waals surface area contributed by atoms with Crippen molar-refractivity contribution in [3.8, 4) is 0 Å². The summed E-state index contributed by atoms with van der Waals surface area (Å²) >= 11 is 1.64. The maximum Gasteiger partial charge on any atom is 0.303 e. The van der Waals surface area contributed by atoms with Crippen LogP contribution in [0.2, 0.25) is 0 Å². The third-order valence-corrected chi connectivity index (χ3v) is 3.96. The molecule has 1 N–H and O–H groups in total. The summed E-state index contributed by atoms with van der Waals surface area (Å²) in [4.78, 5) is 16.2. The maximum absolute atomic E-state index is 10.6. The van der Waals surface area contributed by atoms with Crippen LogP contribution in [0.4, 0.5) is 0 Å². The number of hydrogen-bond donors (Lipinski definition) is 1. The highest BCUT2D eigenvalue weighted by atomic mass is 32.1. The van der Waals surface area contributed by atoms with Gasteiger partial charge in [-0.25, -0.2) is 4.98 Å². The number of thiazole rings is 1. The number of carboxylic acids is 1. The molecule has 1 aromatic rings. The van der Waals surface area contributed by atoms with Gasteiger partial charge in [0.15, 0.2) is 0 Å². The standard InChI is InChI=1S/C11H17NO2S/c1-6(2)11-12-8(4)10(15-11)7(3)5-9(13)14/h6-7H,5H2,1-4H3,(H,13,14). The third-order valence-electron chi connectivity index (χ3n) is 2.27. The Balaban J connectivity index is 2.89. The second-order valence-corrected chi connectivity index (χ2v) is 5.22. The van der Waals surface area contributed by atoms with Gasteiger partial charge in [0.1, 0.15) is 0 Å². The number of carbonyl (C=O) groups is 1. The minimum absolute atomic E-state index is 0.0625. The van der Waals surface area contributed by atoms with Crippen LogP contribution < -0.4 is 0 Å². The third kappa shape index (κ3) is 3.02. The Kier molecular flexibility index (Phi) is 3.85. The summed E-state index contributed by atoms with van der Waals surface area (Å²) in [7, 11) is 0. The van der Waals surface area contributed by atoms with E-state index in [-0.39, 0.29) is 12.3 Å². The molecule has 1 unspecified atom stereocenters. The topological polar surface area (TPSA) is 50.2 Å². The largest absolute Gasteiger partial charge is 0.481 e. The molecule has 1 aromatic heterocycles. The van der Waals surface area contributed by atoms with E-state index in [1.807, 2.05) is 13.8 Å². The number of carboxylic acid groups (broad SMARTS) is 1. The lowest BCUT2D eigenvalue weighted by Crippen LogP contribution is -2.02. The van der Waals surface area contributed by atoms with Crippen LogP contribution in [0.25, 0.3) is 0 Å². The number of nitrogens with zero attached hydrogens (tertiary/aromatic N) is 1. The molecule has 1 heterocycles. The molecule has 0 saturated heterocycles. The molecule has 0 aliphatic carbocycles. The summed E-state index contributed by atoms with van der Waals surface area (Å²) in [6, 6.07) is 0. The van der Waals surface area contributed by atoms with E-state index >= 15 is 0 Å². The van der Waals surface area contributed by atoms with E-state index < -0.39 is 5.97 Å². The lowest BCUT2D eigenvalue weighted by Gasteiger charge is -2.05. The molecule has 0 saturated carbocycles. The van der Waals surface area contributed by atoms with Gasteiger partial charge in [-0.15, -0.1) is 11.3 Å². The van der Waals surface area contributed by atoms with E-state index in [4.69, 9.17) is 5.11 Å². The second kappa shape index (κ2) is 4.75. The van der Waals surface area contributed by atoms with Gasteiger partial charge in [0.25, 0.3) is 0 Å². The first-order valence-corrected chi connectivity index (χ1v) is 5.92. The van der Waals surface area contributed by atoms with Crippen LogP contribution >= 0.6 is 11.3 Å². The van der Waals surface area contributed by atoms with Crippen LogP contribution in [0.1, 0.15) is 54.6 Å². The minimum Gasteiger partial charge on any atom is -0.481 e. The maximum atomic E-state index is 10.6. The number of hydrogen-bond acceptors (Lipinski definition) is 3. The van der Waals surface area contributed by atoms with Crippen LogP contribution in [0.5, 0.6) is 0 Å². The minimum atomic E-state index is -0.749. The molecule has 0 amide bonds. The van der Waals surface area contributed by atoms with Gasteiger partial charge in [-0.3, -0.25) is 4.79 Å². The van der Waals surface area contributed by atoms with E-state index in [0.717, 1.165) is 15.6 Å². The van der Waals surface area contributed by atoms with Crippen molar-refractivity contribution in [1.29, 1.82) is 0 Å². The van der Waals surface area contributed by atoms with Crippen LogP contribution in [-0.2, 0) is 4.79 Å². The van der Waals surface area contributed by atoms with Crippen molar-refractivity contribution >= 4 is 17.3 Å². The normalized spacial score (nSPS) is 13.1. The number of rotatable bonds is 4. The molecule has 0 radical (unpaired) electrons. The molecule has 0 spiro atoms. The molecular weight excluding hydrogens is 210 g/mol. The van der Waals surface area contributed by atoms with Gasteiger partial charge >= 0.3 is 5.97 Å². The lowest BCUT2D eigenvalue weighted by molar-refractivity contribution is -0.137. The predicted octanol–water partition coefficient (Wildman–Crippen LogP) is 3.15. The molecule has 15 heavy (non-hydrogen) atoms. The van der Waals surface area contributed by atoms with Crippen LogP contribution in [-0.4, -0.2) is 16.1 Å². The molecular formula is C11H17NO2S. The molecule has 1 atom stereocenters. The van der Waals surface area contributed by atoms with Gasteiger partial charge in [-0.2, -0.15) is 0 Å². The van der Waals surface area contributed by atoms with E-state index in [9.17, 15) is 4.79 Å².